The zero-order valence-corrected chi connectivity index (χ0v) is 10.7. The number of ether oxygens (including phenoxy) is 1. The van der Waals surface area contributed by atoms with Crippen LogP contribution in [0.5, 0.6) is 0 Å². The number of likely N-dealkylation sites (tertiary alicyclic amines) is 1. The zero-order valence-electron chi connectivity index (χ0n) is 9.16. The Bertz CT molecular complexity index is 302. The average Bonchev–Trinajstić information content (AvgIpc) is 2.81. The SMILES string of the molecule is C[C@@](CBr)(OC(=O)C=N)C(=O)N1CCCC1. The van der Waals surface area contributed by atoms with Gasteiger partial charge < -0.3 is 15.0 Å². The molecular weight excluding hydrogens is 276 g/mol. The molecule has 1 N–H and O–H groups in total. The molecule has 1 atom stereocenters. The maximum atomic E-state index is 12.1. The van der Waals surface area contributed by atoms with Crippen LogP contribution in [0.1, 0.15) is 19.8 Å². The molecule has 0 spiro atoms. The minimum absolute atomic E-state index is 0.197. The lowest BCUT2D eigenvalue weighted by Gasteiger charge is -2.30. The normalized spacial score (nSPS) is 19.0. The van der Waals surface area contributed by atoms with Gasteiger partial charge in [0.15, 0.2) is 5.60 Å². The van der Waals surface area contributed by atoms with Crippen LogP contribution in [0, 0.1) is 5.41 Å². The molecule has 1 aliphatic heterocycles. The summed E-state index contributed by atoms with van der Waals surface area (Å²) in [4.78, 5) is 24.8. The standard InChI is InChI=1S/C10H15BrN2O3/c1-10(7-11,16-8(14)6-12)9(15)13-4-2-3-5-13/h6,12H,2-5,7H2,1H3/t10-/m0/s1. The van der Waals surface area contributed by atoms with E-state index in [0.29, 0.717) is 19.3 Å². The van der Waals surface area contributed by atoms with Crippen LogP contribution in [0.4, 0.5) is 0 Å². The minimum atomic E-state index is -1.21. The summed E-state index contributed by atoms with van der Waals surface area (Å²) >= 11 is 3.18. The molecule has 0 aliphatic carbocycles. The molecule has 5 nitrogen and oxygen atoms in total. The van der Waals surface area contributed by atoms with Crippen molar-refractivity contribution in [2.24, 2.45) is 0 Å². The maximum Gasteiger partial charge on any atom is 0.349 e. The number of carbonyl (C=O) groups excluding carboxylic acids is 2. The summed E-state index contributed by atoms with van der Waals surface area (Å²) in [5.41, 5.74) is -1.21. The van der Waals surface area contributed by atoms with Gasteiger partial charge in [-0.15, -0.1) is 0 Å². The van der Waals surface area contributed by atoms with Crippen LogP contribution in [0.3, 0.4) is 0 Å². The van der Waals surface area contributed by atoms with E-state index in [0.717, 1.165) is 12.8 Å². The van der Waals surface area contributed by atoms with Crippen molar-refractivity contribution in [2.45, 2.75) is 25.4 Å². The van der Waals surface area contributed by atoms with Gasteiger partial charge in [-0.05, 0) is 19.8 Å². The highest BCUT2D eigenvalue weighted by Crippen LogP contribution is 2.20. The summed E-state index contributed by atoms with van der Waals surface area (Å²) in [6, 6.07) is 0. The molecule has 0 radical (unpaired) electrons. The fourth-order valence-corrected chi connectivity index (χ4v) is 1.99. The van der Waals surface area contributed by atoms with E-state index in [9.17, 15) is 9.59 Å². The summed E-state index contributed by atoms with van der Waals surface area (Å²) < 4.78 is 4.99. The van der Waals surface area contributed by atoms with Gasteiger partial charge in [-0.25, -0.2) is 4.79 Å². The highest BCUT2D eigenvalue weighted by molar-refractivity contribution is 9.09. The number of rotatable bonds is 4. The van der Waals surface area contributed by atoms with Gasteiger partial charge in [-0.1, -0.05) is 15.9 Å². The molecule has 0 unspecified atom stereocenters. The Kier molecular flexibility index (Phi) is 4.46. The second-order valence-electron chi connectivity index (χ2n) is 3.93. The van der Waals surface area contributed by atoms with Crippen LogP contribution in [0.15, 0.2) is 0 Å². The molecule has 1 rings (SSSR count). The molecular formula is C10H15BrN2O3. The number of hydrogen-bond acceptors (Lipinski definition) is 4. The second-order valence-corrected chi connectivity index (χ2v) is 4.49. The van der Waals surface area contributed by atoms with E-state index in [1.165, 1.54) is 0 Å². The van der Waals surface area contributed by atoms with Crippen LogP contribution >= 0.6 is 15.9 Å². The Balaban J connectivity index is 2.73. The fraction of sp³-hybridized carbons (Fsp3) is 0.700. The largest absolute Gasteiger partial charge is 0.444 e. The molecule has 1 heterocycles. The first-order chi connectivity index (χ1) is 7.53. The third-order valence-corrected chi connectivity index (χ3v) is 3.61. The number of amides is 1. The Morgan fingerprint density at radius 2 is 2.06 bits per heavy atom. The summed E-state index contributed by atoms with van der Waals surface area (Å²) in [7, 11) is 0. The Labute approximate surface area is 103 Å². The number of esters is 1. The van der Waals surface area contributed by atoms with Crippen LogP contribution in [-0.2, 0) is 14.3 Å². The van der Waals surface area contributed by atoms with Gasteiger partial charge in [0.2, 0.25) is 0 Å². The van der Waals surface area contributed by atoms with E-state index in [4.69, 9.17) is 10.1 Å². The average molecular weight is 291 g/mol. The molecule has 16 heavy (non-hydrogen) atoms. The summed E-state index contributed by atoms with van der Waals surface area (Å²) in [5.74, 6) is -0.994. The summed E-state index contributed by atoms with van der Waals surface area (Å²) in [6.07, 6.45) is 2.55. The molecule has 90 valence electrons. The minimum Gasteiger partial charge on any atom is -0.444 e. The quantitative estimate of drug-likeness (QED) is 0.476. The molecule has 0 aromatic rings. The monoisotopic (exact) mass is 290 g/mol. The molecule has 6 heteroatoms. The van der Waals surface area contributed by atoms with Crippen molar-refractivity contribution < 1.29 is 14.3 Å². The van der Waals surface area contributed by atoms with E-state index in [1.807, 2.05) is 0 Å². The van der Waals surface area contributed by atoms with Gasteiger partial charge in [0.1, 0.15) is 6.21 Å². The van der Waals surface area contributed by atoms with Crippen molar-refractivity contribution in [3.05, 3.63) is 0 Å². The number of nitrogens with one attached hydrogen (secondary N) is 1. The summed E-state index contributed by atoms with van der Waals surface area (Å²) in [5, 5.41) is 7.01. The lowest BCUT2D eigenvalue weighted by Crippen LogP contribution is -2.50. The fourth-order valence-electron chi connectivity index (χ4n) is 1.63. The highest BCUT2D eigenvalue weighted by atomic mass is 79.9. The van der Waals surface area contributed by atoms with Gasteiger partial charge >= 0.3 is 5.97 Å². The van der Waals surface area contributed by atoms with Crippen LogP contribution in [-0.4, -0.2) is 47.0 Å². The molecule has 0 aromatic carbocycles. The number of alkyl halides is 1. The Morgan fingerprint density at radius 3 is 2.50 bits per heavy atom. The topological polar surface area (TPSA) is 70.5 Å². The maximum absolute atomic E-state index is 12.1. The predicted octanol–water partition coefficient (Wildman–Crippen LogP) is 0.955. The van der Waals surface area contributed by atoms with E-state index in [-0.39, 0.29) is 11.2 Å². The Morgan fingerprint density at radius 1 is 1.50 bits per heavy atom. The number of hydrogen-bond donors (Lipinski definition) is 1. The van der Waals surface area contributed by atoms with Crippen LogP contribution in [0.2, 0.25) is 0 Å². The van der Waals surface area contributed by atoms with Crippen LogP contribution in [0.25, 0.3) is 0 Å². The molecule has 1 fully saturated rings. The first-order valence-electron chi connectivity index (χ1n) is 5.12. The van der Waals surface area contributed by atoms with E-state index in [2.05, 4.69) is 15.9 Å². The molecule has 1 amide bonds. The third kappa shape index (κ3) is 2.81. The molecule has 1 aliphatic rings. The number of carbonyl (C=O) groups is 2. The summed E-state index contributed by atoms with van der Waals surface area (Å²) in [6.45, 7) is 2.98. The molecule has 0 aromatic heterocycles. The van der Waals surface area contributed by atoms with E-state index in [1.54, 1.807) is 11.8 Å². The van der Waals surface area contributed by atoms with Gasteiger partial charge in [0.25, 0.3) is 5.91 Å². The Hall–Kier alpha value is -0.910. The lowest BCUT2D eigenvalue weighted by molar-refractivity contribution is -0.163. The smallest absolute Gasteiger partial charge is 0.349 e. The molecule has 0 bridgehead atoms. The van der Waals surface area contributed by atoms with Crippen molar-refractivity contribution in [2.75, 3.05) is 18.4 Å². The van der Waals surface area contributed by atoms with Gasteiger partial charge in [0.05, 0.1) is 5.33 Å². The number of nitrogens with zero attached hydrogens (tertiary/aromatic N) is 1. The zero-order chi connectivity index (χ0) is 12.2. The number of halogens is 1. The van der Waals surface area contributed by atoms with Crippen molar-refractivity contribution in [3.8, 4) is 0 Å². The van der Waals surface area contributed by atoms with E-state index >= 15 is 0 Å². The first-order valence-corrected chi connectivity index (χ1v) is 6.24. The van der Waals surface area contributed by atoms with E-state index < -0.39 is 11.6 Å². The third-order valence-electron chi connectivity index (χ3n) is 2.54. The van der Waals surface area contributed by atoms with Gasteiger partial charge in [-0.3, -0.25) is 4.79 Å². The highest BCUT2D eigenvalue weighted by Gasteiger charge is 2.40. The van der Waals surface area contributed by atoms with Gasteiger partial charge in [-0.2, -0.15) is 0 Å². The lowest BCUT2D eigenvalue weighted by atomic mass is 10.1. The first kappa shape index (κ1) is 13.2. The van der Waals surface area contributed by atoms with Crippen molar-refractivity contribution in [1.29, 1.82) is 5.41 Å². The molecule has 1 saturated heterocycles. The van der Waals surface area contributed by atoms with Gasteiger partial charge in [0, 0.05) is 13.1 Å². The second kappa shape index (κ2) is 5.43. The molecule has 0 saturated carbocycles. The van der Waals surface area contributed by atoms with Crippen molar-refractivity contribution >= 4 is 34.0 Å². The van der Waals surface area contributed by atoms with Crippen LogP contribution < -0.4 is 0 Å². The van der Waals surface area contributed by atoms with Crippen molar-refractivity contribution in [1.82, 2.24) is 4.90 Å². The predicted molar refractivity (Wildman–Crippen MR) is 62.9 cm³/mol. The van der Waals surface area contributed by atoms with Crippen molar-refractivity contribution in [3.63, 3.8) is 0 Å².